The zero-order chi connectivity index (χ0) is 15.9. The number of urea groups is 1. The molecule has 0 bridgehead atoms. The summed E-state index contributed by atoms with van der Waals surface area (Å²) in [6.45, 7) is 3.05. The summed E-state index contributed by atoms with van der Waals surface area (Å²) in [7, 11) is 0. The van der Waals surface area contributed by atoms with E-state index in [0.29, 0.717) is 31.7 Å². The molecule has 2 aliphatic heterocycles. The Hall–Kier alpha value is -2.57. The summed E-state index contributed by atoms with van der Waals surface area (Å²) in [5, 5.41) is 9.07. The fourth-order valence-electron chi connectivity index (χ4n) is 2.97. The minimum Gasteiger partial charge on any atom is -0.465 e. The van der Waals surface area contributed by atoms with Gasteiger partial charge in [-0.2, -0.15) is 0 Å². The van der Waals surface area contributed by atoms with Crippen molar-refractivity contribution in [3.8, 4) is 0 Å². The third-order valence-electron chi connectivity index (χ3n) is 4.21. The van der Waals surface area contributed by atoms with E-state index in [1.165, 1.54) is 11.8 Å². The third kappa shape index (κ3) is 2.38. The van der Waals surface area contributed by atoms with Gasteiger partial charge in [0, 0.05) is 37.4 Å². The van der Waals surface area contributed by atoms with Gasteiger partial charge < -0.3 is 14.9 Å². The van der Waals surface area contributed by atoms with Crippen molar-refractivity contribution in [1.29, 1.82) is 0 Å². The van der Waals surface area contributed by atoms with Gasteiger partial charge in [-0.15, -0.1) is 0 Å². The van der Waals surface area contributed by atoms with Crippen LogP contribution < -0.4 is 4.90 Å². The molecule has 0 spiro atoms. The van der Waals surface area contributed by atoms with Crippen LogP contribution in [0, 0.1) is 0 Å². The molecule has 1 aromatic carbocycles. The van der Waals surface area contributed by atoms with E-state index in [9.17, 15) is 14.4 Å². The molecule has 1 N–H and O–H groups in total. The van der Waals surface area contributed by atoms with Gasteiger partial charge in [0.05, 0.1) is 6.04 Å². The zero-order valence-corrected chi connectivity index (χ0v) is 12.2. The number of carbonyl (C=O) groups excluding carboxylic acids is 2. The number of fused-ring (bicyclic) bond motifs is 1. The van der Waals surface area contributed by atoms with Gasteiger partial charge in [0.15, 0.2) is 5.78 Å². The molecule has 3 rings (SSSR count). The van der Waals surface area contributed by atoms with Crippen LogP contribution in [0.5, 0.6) is 0 Å². The number of amides is 3. The fourth-order valence-corrected chi connectivity index (χ4v) is 2.97. The number of carboxylic acid groups (broad SMARTS) is 1. The molecular weight excluding hydrogens is 286 g/mol. The van der Waals surface area contributed by atoms with Crippen LogP contribution in [0.1, 0.15) is 17.3 Å². The minimum atomic E-state index is -0.948. The number of rotatable bonds is 2. The Morgan fingerprint density at radius 2 is 1.82 bits per heavy atom. The SMILES string of the molecule is CC(=O)c1ccc(N2C[C@@H]3CN(C(=O)O)CCN3C2=O)cc1. The van der Waals surface area contributed by atoms with Crippen LogP contribution in [-0.4, -0.2) is 65.0 Å². The lowest BCUT2D eigenvalue weighted by atomic mass is 10.1. The molecule has 116 valence electrons. The van der Waals surface area contributed by atoms with Crippen LogP contribution in [0.3, 0.4) is 0 Å². The van der Waals surface area contributed by atoms with Gasteiger partial charge in [-0.1, -0.05) is 0 Å². The molecule has 2 saturated heterocycles. The first-order valence-electron chi connectivity index (χ1n) is 7.14. The van der Waals surface area contributed by atoms with Crippen molar-refractivity contribution < 1.29 is 19.5 Å². The van der Waals surface area contributed by atoms with E-state index in [0.717, 1.165) is 5.69 Å². The lowest BCUT2D eigenvalue weighted by Gasteiger charge is -2.34. The molecule has 1 atom stereocenters. The van der Waals surface area contributed by atoms with Crippen molar-refractivity contribution >= 4 is 23.6 Å². The number of hydrogen-bond donors (Lipinski definition) is 1. The number of Topliss-reactive ketones (excluding diaryl/α,β-unsaturated/α-hetero) is 1. The standard InChI is InChI=1S/C15H17N3O4/c1-10(19)11-2-4-12(5-3-11)18-9-13-8-16(15(21)22)6-7-17(13)14(18)20/h2-5,13H,6-9H2,1H3,(H,21,22)/t13-/m0/s1. The van der Waals surface area contributed by atoms with Gasteiger partial charge >= 0.3 is 12.1 Å². The Balaban J connectivity index is 1.78. The number of carbonyl (C=O) groups is 3. The van der Waals surface area contributed by atoms with Crippen LogP contribution in [-0.2, 0) is 0 Å². The smallest absolute Gasteiger partial charge is 0.407 e. The van der Waals surface area contributed by atoms with Crippen molar-refractivity contribution in [3.63, 3.8) is 0 Å². The molecule has 0 aliphatic carbocycles. The van der Waals surface area contributed by atoms with Crippen molar-refractivity contribution in [1.82, 2.24) is 9.80 Å². The highest BCUT2D eigenvalue weighted by atomic mass is 16.4. The van der Waals surface area contributed by atoms with Crippen LogP contribution in [0.15, 0.2) is 24.3 Å². The summed E-state index contributed by atoms with van der Waals surface area (Å²) in [5.74, 6) is -0.0196. The first-order valence-corrected chi connectivity index (χ1v) is 7.14. The summed E-state index contributed by atoms with van der Waals surface area (Å²) < 4.78 is 0. The number of piperazine rings is 1. The van der Waals surface area contributed by atoms with Crippen LogP contribution in [0.2, 0.25) is 0 Å². The Kier molecular flexibility index (Phi) is 3.48. The van der Waals surface area contributed by atoms with Gasteiger partial charge in [-0.25, -0.2) is 9.59 Å². The average Bonchev–Trinajstić information content (AvgIpc) is 2.84. The van der Waals surface area contributed by atoms with Gasteiger partial charge in [0.25, 0.3) is 0 Å². The van der Waals surface area contributed by atoms with Gasteiger partial charge in [-0.05, 0) is 31.2 Å². The van der Waals surface area contributed by atoms with E-state index in [1.54, 1.807) is 34.1 Å². The largest absolute Gasteiger partial charge is 0.465 e. The Morgan fingerprint density at radius 1 is 1.14 bits per heavy atom. The second kappa shape index (κ2) is 5.32. The fraction of sp³-hybridized carbons (Fsp3) is 0.400. The van der Waals surface area contributed by atoms with Crippen LogP contribution >= 0.6 is 0 Å². The van der Waals surface area contributed by atoms with E-state index >= 15 is 0 Å². The van der Waals surface area contributed by atoms with E-state index in [1.807, 2.05) is 0 Å². The van der Waals surface area contributed by atoms with Crippen molar-refractivity contribution in [2.45, 2.75) is 13.0 Å². The number of nitrogens with zero attached hydrogens (tertiary/aromatic N) is 3. The first-order chi connectivity index (χ1) is 10.5. The maximum absolute atomic E-state index is 12.5. The molecule has 3 amide bonds. The number of anilines is 1. The normalized spacial score (nSPS) is 21.0. The Morgan fingerprint density at radius 3 is 2.41 bits per heavy atom. The monoisotopic (exact) mass is 303 g/mol. The molecule has 2 fully saturated rings. The number of benzene rings is 1. The molecule has 22 heavy (non-hydrogen) atoms. The predicted octanol–water partition coefficient (Wildman–Crippen LogP) is 1.49. The van der Waals surface area contributed by atoms with Gasteiger partial charge in [-0.3, -0.25) is 9.69 Å². The molecule has 0 aromatic heterocycles. The van der Waals surface area contributed by atoms with E-state index < -0.39 is 6.09 Å². The molecule has 0 radical (unpaired) electrons. The summed E-state index contributed by atoms with van der Waals surface area (Å²) in [6, 6.07) is 6.68. The maximum atomic E-state index is 12.5. The van der Waals surface area contributed by atoms with Gasteiger partial charge in [0.2, 0.25) is 0 Å². The first kappa shape index (κ1) is 14.4. The Labute approximate surface area is 127 Å². The summed E-state index contributed by atoms with van der Waals surface area (Å²) in [5.41, 5.74) is 1.33. The van der Waals surface area contributed by atoms with Crippen molar-refractivity contribution in [2.75, 3.05) is 31.1 Å². The van der Waals surface area contributed by atoms with Crippen molar-refractivity contribution in [3.05, 3.63) is 29.8 Å². The average molecular weight is 303 g/mol. The third-order valence-corrected chi connectivity index (χ3v) is 4.21. The lowest BCUT2D eigenvalue weighted by Crippen LogP contribution is -2.53. The molecule has 7 heteroatoms. The zero-order valence-electron chi connectivity index (χ0n) is 12.2. The summed E-state index contributed by atoms with van der Waals surface area (Å²) in [4.78, 5) is 39.5. The molecule has 7 nitrogen and oxygen atoms in total. The highest BCUT2D eigenvalue weighted by Crippen LogP contribution is 2.26. The van der Waals surface area contributed by atoms with E-state index in [2.05, 4.69) is 0 Å². The molecule has 1 aromatic rings. The predicted molar refractivity (Wildman–Crippen MR) is 79.3 cm³/mol. The second-order valence-electron chi connectivity index (χ2n) is 5.57. The highest BCUT2D eigenvalue weighted by molar-refractivity contribution is 5.97. The quantitative estimate of drug-likeness (QED) is 0.839. The lowest BCUT2D eigenvalue weighted by molar-refractivity contribution is 0.0996. The maximum Gasteiger partial charge on any atom is 0.407 e. The van der Waals surface area contributed by atoms with E-state index in [4.69, 9.17) is 5.11 Å². The molecular formula is C15H17N3O4. The van der Waals surface area contributed by atoms with Crippen molar-refractivity contribution in [2.24, 2.45) is 0 Å². The minimum absolute atomic E-state index is 0.0196. The molecule has 0 unspecified atom stereocenters. The summed E-state index contributed by atoms with van der Waals surface area (Å²) >= 11 is 0. The van der Waals surface area contributed by atoms with Crippen LogP contribution in [0.25, 0.3) is 0 Å². The number of ketones is 1. The number of hydrogen-bond acceptors (Lipinski definition) is 3. The topological polar surface area (TPSA) is 81.2 Å². The highest BCUT2D eigenvalue weighted by Gasteiger charge is 2.42. The molecule has 2 aliphatic rings. The molecule has 0 saturated carbocycles. The second-order valence-corrected chi connectivity index (χ2v) is 5.57. The summed E-state index contributed by atoms with van der Waals surface area (Å²) in [6.07, 6.45) is -0.948. The van der Waals surface area contributed by atoms with Crippen LogP contribution in [0.4, 0.5) is 15.3 Å². The van der Waals surface area contributed by atoms with E-state index in [-0.39, 0.29) is 17.9 Å². The molecule has 2 heterocycles. The van der Waals surface area contributed by atoms with Gasteiger partial charge in [0.1, 0.15) is 0 Å². The Bertz CT molecular complexity index is 628.